The van der Waals surface area contributed by atoms with Crippen LogP contribution in [0.15, 0.2) is 6.07 Å². The molecular formula is C6H4F4Ga. The summed E-state index contributed by atoms with van der Waals surface area (Å²) in [6.07, 6.45) is 0. The van der Waals surface area contributed by atoms with Crippen LogP contribution >= 0.6 is 0 Å². The van der Waals surface area contributed by atoms with E-state index in [9.17, 15) is 17.6 Å². The van der Waals surface area contributed by atoms with Crippen LogP contribution in [0.1, 0.15) is 0 Å². The van der Waals surface area contributed by atoms with Crippen LogP contribution in [-0.4, -0.2) is 19.8 Å². The summed E-state index contributed by atoms with van der Waals surface area (Å²) < 4.78 is 47.7. The molecule has 11 heavy (non-hydrogen) atoms. The Morgan fingerprint density at radius 2 is 1.27 bits per heavy atom. The van der Waals surface area contributed by atoms with Gasteiger partial charge in [-0.05, 0) is 0 Å². The molecule has 1 aromatic carbocycles. The second-order valence-electron chi connectivity index (χ2n) is 1.59. The molecule has 0 spiro atoms. The monoisotopic (exact) mass is 221 g/mol. The molecule has 0 amide bonds. The molecule has 0 heterocycles. The molecule has 0 saturated carbocycles. The average Bonchev–Trinajstić information content (AvgIpc) is 1.84. The van der Waals surface area contributed by atoms with Gasteiger partial charge in [-0.25, -0.2) is 17.6 Å². The van der Waals surface area contributed by atoms with Crippen molar-refractivity contribution in [1.82, 2.24) is 0 Å². The summed E-state index contributed by atoms with van der Waals surface area (Å²) in [5.74, 6) is -5.92. The third-order valence-corrected chi connectivity index (χ3v) is 0.892. The molecule has 0 atom stereocenters. The summed E-state index contributed by atoms with van der Waals surface area (Å²) in [7, 11) is 0. The van der Waals surface area contributed by atoms with Crippen LogP contribution in [0.4, 0.5) is 17.6 Å². The minimum atomic E-state index is -1.51. The fraction of sp³-hybridized carbons (Fsp3) is 0. The molecule has 0 unspecified atom stereocenters. The van der Waals surface area contributed by atoms with Gasteiger partial charge in [-0.15, -0.1) is 0 Å². The number of benzene rings is 1. The first-order valence-corrected chi connectivity index (χ1v) is 2.33. The molecule has 0 saturated heterocycles. The second kappa shape index (κ2) is 3.82. The van der Waals surface area contributed by atoms with Gasteiger partial charge in [0.25, 0.3) is 0 Å². The molecule has 0 fully saturated rings. The zero-order valence-corrected chi connectivity index (χ0v) is 4.59. The molecule has 1 radical (unpaired) electrons. The number of rotatable bonds is 0. The maximum atomic E-state index is 11.9. The maximum absolute atomic E-state index is 11.9. The van der Waals surface area contributed by atoms with E-state index in [1.807, 2.05) is 0 Å². The molecule has 0 aliphatic carbocycles. The third-order valence-electron chi connectivity index (χ3n) is 0.892. The first-order valence-electron chi connectivity index (χ1n) is 2.33. The first kappa shape index (κ1) is 10.6. The molecule has 0 nitrogen and oxygen atoms in total. The predicted octanol–water partition coefficient (Wildman–Crippen LogP) is 0.859. The van der Waals surface area contributed by atoms with Crippen molar-refractivity contribution < 1.29 is 17.6 Å². The van der Waals surface area contributed by atoms with Gasteiger partial charge in [0, 0.05) is 6.07 Å². The third kappa shape index (κ3) is 2.27. The molecule has 0 aromatic heterocycles. The molecule has 59 valence electrons. The van der Waals surface area contributed by atoms with Crippen molar-refractivity contribution in [1.29, 1.82) is 0 Å². The zero-order valence-electron chi connectivity index (χ0n) is 4.59. The van der Waals surface area contributed by atoms with Crippen molar-refractivity contribution >= 4 is 19.8 Å². The van der Waals surface area contributed by atoms with Gasteiger partial charge in [-0.2, -0.15) is 0 Å². The molecule has 0 bridgehead atoms. The summed E-state index contributed by atoms with van der Waals surface area (Å²) in [6.45, 7) is 0. The Kier molecular flexibility index (Phi) is 3.67. The number of hydrogen-bond acceptors (Lipinski definition) is 0. The van der Waals surface area contributed by atoms with Crippen molar-refractivity contribution in [2.75, 3.05) is 0 Å². The van der Waals surface area contributed by atoms with Crippen LogP contribution in [0.2, 0.25) is 0 Å². The molecule has 1 aromatic rings. The zero-order chi connectivity index (χ0) is 7.72. The van der Waals surface area contributed by atoms with Crippen LogP contribution in [-0.2, 0) is 0 Å². The van der Waals surface area contributed by atoms with Crippen molar-refractivity contribution in [2.24, 2.45) is 0 Å². The van der Waals surface area contributed by atoms with Gasteiger partial charge in [0.05, 0.1) is 6.07 Å². The van der Waals surface area contributed by atoms with E-state index in [0.717, 1.165) is 0 Å². The van der Waals surface area contributed by atoms with Crippen molar-refractivity contribution in [3.8, 4) is 0 Å². The molecule has 0 aliphatic rings. The molecule has 5 heteroatoms. The molecule has 1 rings (SSSR count). The summed E-state index contributed by atoms with van der Waals surface area (Å²) >= 11 is 0. The fourth-order valence-corrected chi connectivity index (χ4v) is 0.454. The Hall–Kier alpha value is -0.424. The van der Waals surface area contributed by atoms with E-state index in [1.165, 1.54) is 6.07 Å². The second-order valence-corrected chi connectivity index (χ2v) is 1.59. The van der Waals surface area contributed by atoms with E-state index in [2.05, 4.69) is 0 Å². The van der Waals surface area contributed by atoms with Crippen LogP contribution in [0.3, 0.4) is 0 Å². The van der Waals surface area contributed by atoms with Gasteiger partial charge in [0.2, 0.25) is 0 Å². The topological polar surface area (TPSA) is 0 Å². The Bertz CT molecular complexity index is 211. The van der Waals surface area contributed by atoms with E-state index in [1.54, 1.807) is 0 Å². The molecule has 0 aliphatic heterocycles. The fourth-order valence-electron chi connectivity index (χ4n) is 0.454. The van der Waals surface area contributed by atoms with Gasteiger partial charge in [0.15, 0.2) is 23.3 Å². The molecular weight excluding hydrogens is 218 g/mol. The van der Waals surface area contributed by atoms with Crippen LogP contribution in [0.5, 0.6) is 0 Å². The summed E-state index contributed by atoms with van der Waals surface area (Å²) in [6, 6.07) is 1.35. The van der Waals surface area contributed by atoms with Crippen molar-refractivity contribution in [2.45, 2.75) is 0 Å². The normalized spacial score (nSPS) is 9.09. The first-order chi connectivity index (χ1) is 4.61. The Morgan fingerprint density at radius 3 is 1.55 bits per heavy atom. The predicted molar refractivity (Wildman–Crippen MR) is 35.0 cm³/mol. The van der Waals surface area contributed by atoms with E-state index in [4.69, 9.17) is 0 Å². The van der Waals surface area contributed by atoms with Gasteiger partial charge in [-0.3, -0.25) is 0 Å². The molecule has 0 N–H and O–H groups in total. The van der Waals surface area contributed by atoms with Crippen molar-refractivity contribution in [3.05, 3.63) is 35.4 Å². The van der Waals surface area contributed by atoms with E-state index in [0.29, 0.717) is 0 Å². The Labute approximate surface area is 73.3 Å². The van der Waals surface area contributed by atoms with Gasteiger partial charge in [0.1, 0.15) is 0 Å². The van der Waals surface area contributed by atoms with E-state index >= 15 is 0 Å². The van der Waals surface area contributed by atoms with Crippen LogP contribution < -0.4 is 0 Å². The Balaban J connectivity index is 0.000001000. The number of halogens is 4. The summed E-state index contributed by atoms with van der Waals surface area (Å²) in [5.41, 5.74) is 0. The van der Waals surface area contributed by atoms with Gasteiger partial charge >= 0.3 is 19.8 Å². The number of hydrogen-bond donors (Lipinski definition) is 0. The standard InChI is InChI=1S/C6HF4.Ga.3H/c7-3-1-4(8)6(10)2-5(3)9;;;;/h1H;;;;. The van der Waals surface area contributed by atoms with Crippen LogP contribution in [0, 0.1) is 29.3 Å². The minimum absolute atomic E-state index is 0. The van der Waals surface area contributed by atoms with Gasteiger partial charge in [-0.1, -0.05) is 0 Å². The SMILES string of the molecule is Fc1[c]c(F)c(F)cc1F.[GaH3]. The van der Waals surface area contributed by atoms with E-state index < -0.39 is 23.3 Å². The quantitative estimate of drug-likeness (QED) is 0.347. The van der Waals surface area contributed by atoms with Crippen molar-refractivity contribution in [3.63, 3.8) is 0 Å². The summed E-state index contributed by atoms with van der Waals surface area (Å²) in [5, 5.41) is 0. The average molecular weight is 222 g/mol. The van der Waals surface area contributed by atoms with Crippen LogP contribution in [0.25, 0.3) is 0 Å². The van der Waals surface area contributed by atoms with Gasteiger partial charge < -0.3 is 0 Å². The summed E-state index contributed by atoms with van der Waals surface area (Å²) in [4.78, 5) is 0. The van der Waals surface area contributed by atoms with E-state index in [-0.39, 0.29) is 25.9 Å². The Morgan fingerprint density at radius 1 is 0.909 bits per heavy atom.